The van der Waals surface area contributed by atoms with E-state index in [-0.39, 0.29) is 11.3 Å². The first-order valence-corrected chi connectivity index (χ1v) is 7.49. The molecule has 8 heteroatoms. The van der Waals surface area contributed by atoms with Gasteiger partial charge in [0.15, 0.2) is 11.6 Å². The number of rotatable bonds is 4. The number of benzene rings is 2. The topological polar surface area (TPSA) is 72.5 Å². The van der Waals surface area contributed by atoms with E-state index >= 15 is 0 Å². The Kier molecular flexibility index (Phi) is 4.41. The van der Waals surface area contributed by atoms with Gasteiger partial charge >= 0.3 is 5.97 Å². The number of esters is 1. The quantitative estimate of drug-likeness (QED) is 0.876. The number of hydrogen-bond donors (Lipinski definition) is 1. The van der Waals surface area contributed by atoms with E-state index in [1.54, 1.807) is 0 Å². The molecule has 0 spiro atoms. The van der Waals surface area contributed by atoms with Gasteiger partial charge in [0.25, 0.3) is 10.0 Å². The summed E-state index contributed by atoms with van der Waals surface area (Å²) in [5, 5.41) is 0. The Balaban J connectivity index is 2.46. The zero-order valence-corrected chi connectivity index (χ0v) is 12.2. The monoisotopic (exact) mass is 327 g/mol. The van der Waals surface area contributed by atoms with Crippen LogP contribution in [0.15, 0.2) is 47.4 Å². The first-order chi connectivity index (χ1) is 10.4. The van der Waals surface area contributed by atoms with Crippen LogP contribution in [0.1, 0.15) is 10.4 Å². The van der Waals surface area contributed by atoms with Crippen molar-refractivity contribution in [3.63, 3.8) is 0 Å². The summed E-state index contributed by atoms with van der Waals surface area (Å²) in [6.45, 7) is 0. The number of nitrogens with one attached hydrogen (secondary N) is 1. The van der Waals surface area contributed by atoms with Crippen LogP contribution in [0, 0.1) is 11.6 Å². The van der Waals surface area contributed by atoms with Gasteiger partial charge in [-0.05, 0) is 24.3 Å². The molecular formula is C14H11F2NO4S. The number of carbonyl (C=O) groups is 1. The van der Waals surface area contributed by atoms with Crippen LogP contribution >= 0.6 is 0 Å². The number of para-hydroxylation sites is 1. The average molecular weight is 327 g/mol. The van der Waals surface area contributed by atoms with Crippen LogP contribution in [0.3, 0.4) is 0 Å². The highest BCUT2D eigenvalue weighted by Crippen LogP contribution is 2.23. The molecule has 2 aromatic carbocycles. The lowest BCUT2D eigenvalue weighted by Gasteiger charge is -2.12. The zero-order valence-electron chi connectivity index (χ0n) is 11.3. The maximum atomic E-state index is 13.6. The lowest BCUT2D eigenvalue weighted by atomic mass is 10.2. The molecule has 0 aliphatic heterocycles. The summed E-state index contributed by atoms with van der Waals surface area (Å²) in [6.07, 6.45) is 0. The van der Waals surface area contributed by atoms with Crippen LogP contribution in [-0.4, -0.2) is 21.5 Å². The molecule has 0 bridgehead atoms. The van der Waals surface area contributed by atoms with Crippen molar-refractivity contribution in [1.29, 1.82) is 0 Å². The second-order valence-electron chi connectivity index (χ2n) is 4.19. The van der Waals surface area contributed by atoms with E-state index in [0.29, 0.717) is 0 Å². The molecule has 0 radical (unpaired) electrons. The Morgan fingerprint density at radius 2 is 1.77 bits per heavy atom. The zero-order chi connectivity index (χ0) is 16.3. The van der Waals surface area contributed by atoms with E-state index in [2.05, 4.69) is 9.46 Å². The van der Waals surface area contributed by atoms with E-state index in [0.717, 1.165) is 25.3 Å². The van der Waals surface area contributed by atoms with Crippen LogP contribution in [0.25, 0.3) is 0 Å². The molecule has 0 aliphatic carbocycles. The van der Waals surface area contributed by atoms with Crippen molar-refractivity contribution >= 4 is 21.7 Å². The molecule has 0 saturated heterocycles. The summed E-state index contributed by atoms with van der Waals surface area (Å²) in [4.78, 5) is 10.7. The summed E-state index contributed by atoms with van der Waals surface area (Å²) in [7, 11) is -3.26. The van der Waals surface area contributed by atoms with E-state index in [1.807, 2.05) is 0 Å². The number of anilines is 1. The third kappa shape index (κ3) is 3.06. The molecule has 0 unspecified atom stereocenters. The number of sulfonamides is 1. The molecule has 0 atom stereocenters. The summed E-state index contributed by atoms with van der Waals surface area (Å²) in [5.41, 5.74) is -0.150. The minimum Gasteiger partial charge on any atom is -0.465 e. The van der Waals surface area contributed by atoms with Crippen LogP contribution in [0.4, 0.5) is 14.5 Å². The molecule has 1 N–H and O–H groups in total. The van der Waals surface area contributed by atoms with Gasteiger partial charge in [-0.25, -0.2) is 22.0 Å². The predicted octanol–water partition coefficient (Wildman–Crippen LogP) is 2.55. The SMILES string of the molecule is COC(=O)c1ccccc1NS(=O)(=O)c1cccc(F)c1F. The number of hydrogen-bond acceptors (Lipinski definition) is 4. The molecule has 0 fully saturated rings. The summed E-state index contributed by atoms with van der Waals surface area (Å²) < 4.78 is 57.7. The van der Waals surface area contributed by atoms with Gasteiger partial charge in [-0.15, -0.1) is 0 Å². The van der Waals surface area contributed by atoms with Crippen LogP contribution in [-0.2, 0) is 14.8 Å². The van der Waals surface area contributed by atoms with Crippen molar-refractivity contribution in [2.75, 3.05) is 11.8 Å². The Hall–Kier alpha value is -2.48. The maximum Gasteiger partial charge on any atom is 0.339 e. The van der Waals surface area contributed by atoms with Crippen molar-refractivity contribution in [1.82, 2.24) is 0 Å². The third-order valence-electron chi connectivity index (χ3n) is 2.78. The highest BCUT2D eigenvalue weighted by atomic mass is 32.2. The minimum absolute atomic E-state index is 0.0506. The number of halogens is 2. The van der Waals surface area contributed by atoms with E-state index in [1.165, 1.54) is 24.3 Å². The molecule has 0 heterocycles. The van der Waals surface area contributed by atoms with E-state index < -0.39 is 32.5 Å². The number of methoxy groups -OCH3 is 1. The summed E-state index contributed by atoms with van der Waals surface area (Å²) >= 11 is 0. The lowest BCUT2D eigenvalue weighted by Crippen LogP contribution is -2.17. The van der Waals surface area contributed by atoms with Crippen molar-refractivity contribution in [3.05, 3.63) is 59.7 Å². The number of carbonyl (C=O) groups excluding carboxylic acids is 1. The molecule has 116 valence electrons. The third-order valence-corrected chi connectivity index (χ3v) is 4.17. The average Bonchev–Trinajstić information content (AvgIpc) is 2.49. The first-order valence-electron chi connectivity index (χ1n) is 6.01. The Labute approximate surface area is 125 Å². The fourth-order valence-corrected chi connectivity index (χ4v) is 2.92. The van der Waals surface area contributed by atoms with Crippen LogP contribution in [0.5, 0.6) is 0 Å². The lowest BCUT2D eigenvalue weighted by molar-refractivity contribution is 0.0602. The second-order valence-corrected chi connectivity index (χ2v) is 5.85. The molecule has 0 saturated carbocycles. The van der Waals surface area contributed by atoms with Crippen molar-refractivity contribution in [2.45, 2.75) is 4.90 Å². The molecule has 5 nitrogen and oxygen atoms in total. The standard InChI is InChI=1S/C14H11F2NO4S/c1-21-14(18)9-5-2-3-7-11(9)17-22(19,20)12-8-4-6-10(15)13(12)16/h2-8,17H,1H3. The molecule has 2 rings (SSSR count). The summed E-state index contributed by atoms with van der Waals surface area (Å²) in [5.74, 6) is -3.55. The molecule has 0 aromatic heterocycles. The molecule has 0 aliphatic rings. The molecular weight excluding hydrogens is 316 g/mol. The Bertz CT molecular complexity index is 821. The van der Waals surface area contributed by atoms with Gasteiger partial charge in [-0.1, -0.05) is 18.2 Å². The maximum absolute atomic E-state index is 13.6. The highest BCUT2D eigenvalue weighted by molar-refractivity contribution is 7.92. The summed E-state index contributed by atoms with van der Waals surface area (Å²) in [6, 6.07) is 8.42. The van der Waals surface area contributed by atoms with Crippen LogP contribution < -0.4 is 4.72 Å². The molecule has 22 heavy (non-hydrogen) atoms. The van der Waals surface area contributed by atoms with Crippen molar-refractivity contribution in [2.24, 2.45) is 0 Å². The van der Waals surface area contributed by atoms with Gasteiger partial charge in [-0.3, -0.25) is 4.72 Å². The first kappa shape index (κ1) is 15.9. The van der Waals surface area contributed by atoms with Crippen molar-refractivity contribution < 1.29 is 26.7 Å². The minimum atomic E-state index is -4.40. The fraction of sp³-hybridized carbons (Fsp3) is 0.0714. The number of ether oxygens (including phenoxy) is 1. The largest absolute Gasteiger partial charge is 0.465 e. The second kappa shape index (κ2) is 6.10. The van der Waals surface area contributed by atoms with E-state index in [4.69, 9.17) is 0 Å². The molecule has 0 amide bonds. The van der Waals surface area contributed by atoms with Gasteiger partial charge in [-0.2, -0.15) is 0 Å². The van der Waals surface area contributed by atoms with Gasteiger partial charge in [0.2, 0.25) is 0 Å². The normalized spacial score (nSPS) is 11.0. The van der Waals surface area contributed by atoms with E-state index in [9.17, 15) is 22.0 Å². The Morgan fingerprint density at radius 1 is 1.09 bits per heavy atom. The molecule has 2 aromatic rings. The smallest absolute Gasteiger partial charge is 0.339 e. The predicted molar refractivity (Wildman–Crippen MR) is 74.9 cm³/mol. The van der Waals surface area contributed by atoms with Gasteiger partial charge in [0, 0.05) is 0 Å². The Morgan fingerprint density at radius 3 is 2.45 bits per heavy atom. The van der Waals surface area contributed by atoms with Gasteiger partial charge < -0.3 is 4.74 Å². The highest BCUT2D eigenvalue weighted by Gasteiger charge is 2.23. The fourth-order valence-electron chi connectivity index (χ4n) is 1.75. The van der Waals surface area contributed by atoms with Gasteiger partial charge in [0.05, 0.1) is 18.4 Å². The van der Waals surface area contributed by atoms with Gasteiger partial charge in [0.1, 0.15) is 4.90 Å². The van der Waals surface area contributed by atoms with Crippen molar-refractivity contribution in [3.8, 4) is 0 Å². The van der Waals surface area contributed by atoms with Crippen LogP contribution in [0.2, 0.25) is 0 Å².